The van der Waals surface area contributed by atoms with Crippen molar-refractivity contribution in [2.45, 2.75) is 87.6 Å². The van der Waals surface area contributed by atoms with Crippen molar-refractivity contribution in [3.63, 3.8) is 0 Å². The molecule has 1 N–H and O–H groups in total. The Bertz CT molecular complexity index is 735. The van der Waals surface area contributed by atoms with Gasteiger partial charge in [0.2, 0.25) is 11.8 Å². The van der Waals surface area contributed by atoms with Crippen LogP contribution in [0.1, 0.15) is 69.8 Å². The molecule has 1 heterocycles. The predicted molar refractivity (Wildman–Crippen MR) is 119 cm³/mol. The third kappa shape index (κ3) is 4.46. The van der Waals surface area contributed by atoms with Crippen molar-refractivity contribution < 1.29 is 9.59 Å². The Labute approximate surface area is 183 Å². The minimum atomic E-state index is -0.729. The molecule has 0 radical (unpaired) electrons. The second-order valence-corrected chi connectivity index (χ2v) is 10.4. The van der Waals surface area contributed by atoms with E-state index in [0.717, 1.165) is 49.8 Å². The summed E-state index contributed by atoms with van der Waals surface area (Å²) in [7, 11) is 0. The minimum Gasteiger partial charge on any atom is -0.351 e. The van der Waals surface area contributed by atoms with Crippen molar-refractivity contribution in [3.8, 4) is 0 Å². The van der Waals surface area contributed by atoms with Crippen LogP contribution in [0.15, 0.2) is 24.3 Å². The van der Waals surface area contributed by atoms with E-state index in [-0.39, 0.29) is 23.1 Å². The predicted octanol–water partition coefficient (Wildman–Crippen LogP) is 4.94. The quantitative estimate of drug-likeness (QED) is 0.730. The van der Waals surface area contributed by atoms with Crippen molar-refractivity contribution in [1.82, 2.24) is 10.2 Å². The van der Waals surface area contributed by atoms with Crippen molar-refractivity contribution in [3.05, 3.63) is 34.9 Å². The van der Waals surface area contributed by atoms with Gasteiger partial charge in [0.05, 0.1) is 0 Å². The Morgan fingerprint density at radius 1 is 1.10 bits per heavy atom. The highest BCUT2D eigenvalue weighted by Gasteiger charge is 2.54. The fraction of sp³-hybridized carbons (Fsp3) is 0.652. The second kappa shape index (κ2) is 9.30. The molecular formula is C23H31ClN2O2S. The van der Waals surface area contributed by atoms with Crippen LogP contribution in [-0.2, 0) is 16.1 Å². The summed E-state index contributed by atoms with van der Waals surface area (Å²) in [5, 5.41) is 4.25. The average molecular weight is 435 g/mol. The molecule has 3 fully saturated rings. The van der Waals surface area contributed by atoms with Crippen LogP contribution in [-0.4, -0.2) is 39.3 Å². The molecule has 0 bridgehead atoms. The lowest BCUT2D eigenvalue weighted by atomic mass is 9.77. The molecule has 3 aliphatic rings. The zero-order valence-corrected chi connectivity index (χ0v) is 18.6. The van der Waals surface area contributed by atoms with Crippen LogP contribution >= 0.6 is 23.4 Å². The Hall–Kier alpha value is -1.20. The third-order valence-electron chi connectivity index (χ3n) is 6.81. The molecule has 1 aromatic carbocycles. The van der Waals surface area contributed by atoms with Crippen LogP contribution in [0.3, 0.4) is 0 Å². The van der Waals surface area contributed by atoms with E-state index in [1.807, 2.05) is 40.9 Å². The molecular weight excluding hydrogens is 404 g/mol. The SMILES string of the molecule is O=C1CCS[C@@H]2CCCC[C@]2(C(=O)NC2CCCCC2)N1Cc1ccc(Cl)cc1. The highest BCUT2D eigenvalue weighted by Crippen LogP contribution is 2.44. The van der Waals surface area contributed by atoms with Gasteiger partial charge in [-0.2, -0.15) is 11.8 Å². The number of hydrogen-bond donors (Lipinski definition) is 1. The number of halogens is 1. The average Bonchev–Trinajstić information content (AvgIpc) is 2.88. The molecule has 2 saturated carbocycles. The molecule has 2 amide bonds. The van der Waals surface area contributed by atoms with E-state index in [1.54, 1.807) is 0 Å². The number of carbonyl (C=O) groups excluding carboxylic acids is 2. The lowest BCUT2D eigenvalue weighted by molar-refractivity contribution is -0.150. The first-order valence-electron chi connectivity index (χ1n) is 11.1. The summed E-state index contributed by atoms with van der Waals surface area (Å²) in [6.07, 6.45) is 10.2. The van der Waals surface area contributed by atoms with E-state index in [0.29, 0.717) is 18.0 Å². The van der Waals surface area contributed by atoms with Gasteiger partial charge in [-0.15, -0.1) is 0 Å². The van der Waals surface area contributed by atoms with Crippen LogP contribution in [0.2, 0.25) is 5.02 Å². The zero-order chi connectivity index (χ0) is 20.3. The molecule has 1 aromatic rings. The lowest BCUT2D eigenvalue weighted by Crippen LogP contribution is -2.66. The molecule has 2 aliphatic carbocycles. The summed E-state index contributed by atoms with van der Waals surface area (Å²) in [6, 6.07) is 7.92. The van der Waals surface area contributed by atoms with Crippen LogP contribution in [0.5, 0.6) is 0 Å². The zero-order valence-electron chi connectivity index (χ0n) is 17.0. The van der Waals surface area contributed by atoms with Crippen molar-refractivity contribution in [2.24, 2.45) is 0 Å². The third-order valence-corrected chi connectivity index (χ3v) is 8.53. The Balaban J connectivity index is 1.66. The number of rotatable bonds is 4. The van der Waals surface area contributed by atoms with E-state index >= 15 is 0 Å². The van der Waals surface area contributed by atoms with Gasteiger partial charge in [-0.1, -0.05) is 55.8 Å². The number of fused-ring (bicyclic) bond motifs is 1. The van der Waals surface area contributed by atoms with Crippen LogP contribution in [0, 0.1) is 0 Å². The number of hydrogen-bond acceptors (Lipinski definition) is 3. The first-order valence-corrected chi connectivity index (χ1v) is 12.5. The Kier molecular flexibility index (Phi) is 6.75. The van der Waals surface area contributed by atoms with Gasteiger partial charge in [-0.05, 0) is 43.4 Å². The molecule has 29 heavy (non-hydrogen) atoms. The van der Waals surface area contributed by atoms with Crippen LogP contribution in [0.25, 0.3) is 0 Å². The number of nitrogens with zero attached hydrogens (tertiary/aromatic N) is 1. The Morgan fingerprint density at radius 2 is 1.83 bits per heavy atom. The molecule has 158 valence electrons. The summed E-state index contributed by atoms with van der Waals surface area (Å²) in [5.74, 6) is 1.00. The van der Waals surface area contributed by atoms with Crippen LogP contribution in [0.4, 0.5) is 0 Å². The maximum Gasteiger partial charge on any atom is 0.247 e. The minimum absolute atomic E-state index is 0.0887. The number of nitrogens with one attached hydrogen (secondary N) is 1. The number of thioether (sulfide) groups is 1. The molecule has 0 spiro atoms. The molecule has 4 rings (SSSR count). The fourth-order valence-electron chi connectivity index (χ4n) is 5.24. The van der Waals surface area contributed by atoms with Gasteiger partial charge in [-0.3, -0.25) is 9.59 Å². The maximum absolute atomic E-state index is 13.8. The maximum atomic E-state index is 13.8. The highest BCUT2D eigenvalue weighted by molar-refractivity contribution is 8.00. The van der Waals surface area contributed by atoms with Crippen LogP contribution < -0.4 is 5.32 Å². The summed E-state index contributed by atoms with van der Waals surface area (Å²) >= 11 is 7.89. The number of amides is 2. The van der Waals surface area contributed by atoms with Gasteiger partial charge >= 0.3 is 0 Å². The molecule has 2 atom stereocenters. The van der Waals surface area contributed by atoms with Crippen molar-refractivity contribution >= 4 is 35.2 Å². The molecule has 1 saturated heterocycles. The van der Waals surface area contributed by atoms with Gasteiger partial charge in [-0.25, -0.2) is 0 Å². The van der Waals surface area contributed by atoms with E-state index in [1.165, 1.54) is 19.3 Å². The highest BCUT2D eigenvalue weighted by atomic mass is 35.5. The van der Waals surface area contributed by atoms with Crippen molar-refractivity contribution in [2.75, 3.05) is 5.75 Å². The topological polar surface area (TPSA) is 49.4 Å². The van der Waals surface area contributed by atoms with Gasteiger partial charge in [0.1, 0.15) is 5.54 Å². The summed E-state index contributed by atoms with van der Waals surface area (Å²) < 4.78 is 0. The Morgan fingerprint density at radius 3 is 2.59 bits per heavy atom. The smallest absolute Gasteiger partial charge is 0.247 e. The molecule has 6 heteroatoms. The first kappa shape index (κ1) is 21.0. The lowest BCUT2D eigenvalue weighted by Gasteiger charge is -2.49. The summed E-state index contributed by atoms with van der Waals surface area (Å²) in [6.45, 7) is 0.477. The van der Waals surface area contributed by atoms with Gasteiger partial charge in [0, 0.05) is 35.0 Å². The van der Waals surface area contributed by atoms with Gasteiger partial charge in [0.25, 0.3) is 0 Å². The second-order valence-electron chi connectivity index (χ2n) is 8.69. The molecule has 4 nitrogen and oxygen atoms in total. The van der Waals surface area contributed by atoms with Gasteiger partial charge < -0.3 is 10.2 Å². The number of benzene rings is 1. The standard InChI is InChI=1S/C23H31ClN2O2S/c24-18-11-9-17(10-12-18)16-26-21(27)13-15-29-20-8-4-5-14-23(20,26)22(28)25-19-6-2-1-3-7-19/h9-12,19-20H,1-8,13-16H2,(H,25,28)/t20-,23+/m1/s1. The largest absolute Gasteiger partial charge is 0.351 e. The fourth-order valence-corrected chi connectivity index (χ4v) is 6.91. The first-order chi connectivity index (χ1) is 14.1. The van der Waals surface area contributed by atoms with Crippen molar-refractivity contribution in [1.29, 1.82) is 0 Å². The van der Waals surface area contributed by atoms with E-state index in [9.17, 15) is 9.59 Å². The summed E-state index contributed by atoms with van der Waals surface area (Å²) in [5.41, 5.74) is 0.303. The molecule has 0 unspecified atom stereocenters. The van der Waals surface area contributed by atoms with E-state index in [2.05, 4.69) is 5.32 Å². The number of carbonyl (C=O) groups is 2. The molecule has 1 aliphatic heterocycles. The van der Waals surface area contributed by atoms with Gasteiger partial charge in [0.15, 0.2) is 0 Å². The normalized spacial score (nSPS) is 28.5. The molecule has 0 aromatic heterocycles. The van der Waals surface area contributed by atoms with E-state index in [4.69, 9.17) is 11.6 Å². The summed E-state index contributed by atoms with van der Waals surface area (Å²) in [4.78, 5) is 29.0. The monoisotopic (exact) mass is 434 g/mol. The van der Waals surface area contributed by atoms with E-state index < -0.39 is 5.54 Å².